The summed E-state index contributed by atoms with van der Waals surface area (Å²) in [6.45, 7) is 0. The Balaban J connectivity index is 1.64. The fourth-order valence-electron chi connectivity index (χ4n) is 5.89. The van der Waals surface area contributed by atoms with E-state index in [0.29, 0.717) is 0 Å². The van der Waals surface area contributed by atoms with Crippen LogP contribution in [0.4, 0.5) is 52.7 Å². The Morgan fingerprint density at radius 2 is 0.466 bits per heavy atom. The molecule has 0 amide bonds. The van der Waals surface area contributed by atoms with Crippen molar-refractivity contribution in [1.82, 2.24) is 9.97 Å². The summed E-state index contributed by atoms with van der Waals surface area (Å²) in [5.74, 6) is -6.60. The molecule has 310 valence electrons. The number of halogens is 12. The number of fused-ring (bicyclic) bond motifs is 2. The second-order valence-corrected chi connectivity index (χ2v) is 17.7. The van der Waals surface area contributed by atoms with Crippen molar-refractivity contribution in [3.63, 3.8) is 0 Å². The third kappa shape index (κ3) is 6.13. The van der Waals surface area contributed by atoms with Crippen molar-refractivity contribution in [3.8, 4) is 23.5 Å². The number of rotatable bonds is 8. The fraction of sp³-hybridized carbons (Fsp3) is 0.143. The van der Waals surface area contributed by atoms with Gasteiger partial charge < -0.3 is 16.7 Å². The van der Waals surface area contributed by atoms with Crippen molar-refractivity contribution in [2.45, 2.75) is 22.0 Å². The van der Waals surface area contributed by atoms with Crippen LogP contribution in [0.3, 0.4) is 0 Å². The highest BCUT2D eigenvalue weighted by Crippen LogP contribution is 2.51. The number of hydrogen-bond acceptors (Lipinski definition) is 14. The topological polar surface area (TPSA) is 199 Å². The average Bonchev–Trinajstić information content (AvgIpc) is 3.06. The molecule has 0 aliphatic heterocycles. The quantitative estimate of drug-likeness (QED) is 0.0488. The van der Waals surface area contributed by atoms with Crippen LogP contribution in [-0.2, 0) is 40.5 Å². The van der Waals surface area contributed by atoms with Gasteiger partial charge in [0.2, 0.25) is 23.5 Å². The van der Waals surface area contributed by atoms with Crippen molar-refractivity contribution in [2.75, 3.05) is 0 Å². The predicted octanol–water partition coefficient (Wildman–Crippen LogP) is 7.19. The average molecular weight is 921 g/mol. The summed E-state index contributed by atoms with van der Waals surface area (Å²) in [6, 6.07) is 7.11. The number of aromatic nitrogens is 2. The predicted molar refractivity (Wildman–Crippen MR) is 172 cm³/mol. The Labute approximate surface area is 311 Å². The highest BCUT2D eigenvalue weighted by atomic mass is 32.2. The molecule has 7 rings (SSSR count). The highest BCUT2D eigenvalue weighted by Gasteiger charge is 2.52. The Bertz CT molecular complexity index is 2920. The molecule has 0 bridgehead atoms. The molecule has 0 spiro atoms. The molecule has 0 radical (unpaired) electrons. The zero-order valence-electron chi connectivity index (χ0n) is 26.6. The Morgan fingerprint density at radius 1 is 0.310 bits per heavy atom. The molecule has 0 aliphatic carbocycles. The van der Waals surface area contributed by atoms with E-state index in [9.17, 15) is 86.4 Å². The molecule has 0 N–H and O–H groups in total. The van der Waals surface area contributed by atoms with Crippen LogP contribution in [0.25, 0.3) is 64.6 Å². The lowest BCUT2D eigenvalue weighted by Crippen LogP contribution is -2.29. The van der Waals surface area contributed by atoms with Crippen molar-refractivity contribution in [1.29, 1.82) is 0 Å². The van der Waals surface area contributed by atoms with E-state index in [1.54, 1.807) is 0 Å². The summed E-state index contributed by atoms with van der Waals surface area (Å²) < 4.78 is 273. The van der Waals surface area contributed by atoms with Crippen LogP contribution >= 0.6 is 0 Å². The minimum Gasteiger partial charge on any atom is -0.354 e. The molecule has 0 saturated carbocycles. The third-order valence-corrected chi connectivity index (χ3v) is 11.9. The van der Waals surface area contributed by atoms with Crippen LogP contribution in [0.5, 0.6) is 23.5 Å². The smallest absolute Gasteiger partial charge is 0.354 e. The molecule has 14 nitrogen and oxygen atoms in total. The first kappa shape index (κ1) is 40.8. The molecular formula is C28H8F12N2O12S4. The van der Waals surface area contributed by atoms with Gasteiger partial charge in [-0.25, -0.2) is 0 Å². The molecule has 7 aromatic rings. The van der Waals surface area contributed by atoms with E-state index in [-0.39, 0.29) is 32.3 Å². The highest BCUT2D eigenvalue weighted by molar-refractivity contribution is 7.88. The molecular weight excluding hydrogens is 913 g/mol. The van der Waals surface area contributed by atoms with Crippen LogP contribution in [0.2, 0.25) is 0 Å². The normalized spacial score (nSPS) is 14.4. The van der Waals surface area contributed by atoms with E-state index >= 15 is 0 Å². The van der Waals surface area contributed by atoms with Crippen molar-refractivity contribution in [2.24, 2.45) is 0 Å². The lowest BCUT2D eigenvalue weighted by Gasteiger charge is -2.21. The second-order valence-electron chi connectivity index (χ2n) is 11.5. The van der Waals surface area contributed by atoms with E-state index < -0.39 is 118 Å². The number of pyridine rings is 2. The van der Waals surface area contributed by atoms with E-state index in [1.807, 2.05) is 0 Å². The Hall–Kier alpha value is -5.36. The molecule has 58 heavy (non-hydrogen) atoms. The Morgan fingerprint density at radius 3 is 0.638 bits per heavy atom. The number of nitrogens with zero attached hydrogens (tertiary/aromatic N) is 2. The monoisotopic (exact) mass is 920 g/mol. The molecule has 0 atom stereocenters. The van der Waals surface area contributed by atoms with Crippen molar-refractivity contribution < 1.29 is 103 Å². The van der Waals surface area contributed by atoms with E-state index in [2.05, 4.69) is 26.7 Å². The van der Waals surface area contributed by atoms with Gasteiger partial charge in [0.15, 0.2) is 0 Å². The first-order valence-corrected chi connectivity index (χ1v) is 20.1. The molecule has 30 heteroatoms. The molecule has 5 aromatic carbocycles. The van der Waals surface area contributed by atoms with Crippen LogP contribution < -0.4 is 16.7 Å². The fourth-order valence-corrected chi connectivity index (χ4v) is 7.60. The molecule has 0 fully saturated rings. The number of alkyl halides is 12. The summed E-state index contributed by atoms with van der Waals surface area (Å²) >= 11 is 0. The first-order valence-electron chi connectivity index (χ1n) is 14.4. The lowest BCUT2D eigenvalue weighted by atomic mass is 9.86. The van der Waals surface area contributed by atoms with Gasteiger partial charge in [-0.3, -0.25) is 0 Å². The van der Waals surface area contributed by atoms with Gasteiger partial charge in [-0.15, -0.1) is 0 Å². The zero-order valence-corrected chi connectivity index (χ0v) is 29.8. The van der Waals surface area contributed by atoms with E-state index in [1.165, 1.54) is 0 Å². The van der Waals surface area contributed by atoms with Crippen LogP contribution in [0.1, 0.15) is 0 Å². The van der Waals surface area contributed by atoms with Crippen LogP contribution in [-0.4, -0.2) is 65.7 Å². The minimum atomic E-state index is -6.68. The van der Waals surface area contributed by atoms with E-state index in [0.717, 1.165) is 48.5 Å². The zero-order chi connectivity index (χ0) is 43.1. The van der Waals surface area contributed by atoms with E-state index in [4.69, 9.17) is 0 Å². The van der Waals surface area contributed by atoms with Crippen LogP contribution in [0.15, 0.2) is 48.5 Å². The van der Waals surface area contributed by atoms with Gasteiger partial charge in [-0.2, -0.15) is 96.3 Å². The SMILES string of the molecule is O=S(=O)(Oc1nc(OS(=O)(=O)C(F)(F)F)c2ccc3c4ccc5c(OS(=O)(=O)C(F)(F)F)nc(OS(=O)(=O)C(F)(F)F)c6ccc(c7ccc1c2c73)c4c65)C(F)(F)F. The summed E-state index contributed by atoms with van der Waals surface area (Å²) in [6.07, 6.45) is 0. The van der Waals surface area contributed by atoms with Crippen molar-refractivity contribution in [3.05, 3.63) is 48.5 Å². The van der Waals surface area contributed by atoms with Gasteiger partial charge in [0, 0.05) is 32.3 Å². The Kier molecular flexibility index (Phi) is 8.51. The van der Waals surface area contributed by atoms with Gasteiger partial charge >= 0.3 is 62.5 Å². The number of benzene rings is 5. The van der Waals surface area contributed by atoms with Crippen LogP contribution in [0, 0.1) is 0 Å². The maximum atomic E-state index is 13.4. The van der Waals surface area contributed by atoms with Gasteiger partial charge in [0.05, 0.1) is 0 Å². The molecule has 2 heterocycles. The second kappa shape index (κ2) is 12.1. The lowest BCUT2D eigenvalue weighted by molar-refractivity contribution is -0.0508. The van der Waals surface area contributed by atoms with Gasteiger partial charge in [-0.1, -0.05) is 24.3 Å². The maximum Gasteiger partial charge on any atom is 0.534 e. The third-order valence-electron chi connectivity index (χ3n) is 8.12. The minimum absolute atomic E-state index is 0.178. The van der Waals surface area contributed by atoms with Gasteiger partial charge in [0.25, 0.3) is 0 Å². The maximum absolute atomic E-state index is 13.4. The molecule has 2 aromatic heterocycles. The summed E-state index contributed by atoms with van der Waals surface area (Å²) in [4.78, 5) is 6.42. The standard InChI is InChI=1S/C28H8F12N2O12S4/c29-25(30,31)55(43,44)51-21-13-5-1-9-10-2-6-15-20-16(24(54-58(49,50)28(38,39)40)42-23(15)53-57(47,48)27(35,36)37)8-4-12(18(10)20)11-3-7-14(19(13)17(9)11)22(41-21)52-56(45,46)26(32,33)34/h1-8H. The van der Waals surface area contributed by atoms with Gasteiger partial charge in [0.1, 0.15) is 0 Å². The van der Waals surface area contributed by atoms with Crippen molar-refractivity contribution >= 4 is 105 Å². The molecule has 0 aliphatic rings. The molecule has 0 saturated heterocycles. The summed E-state index contributed by atoms with van der Waals surface area (Å²) in [5.41, 5.74) is -24.7. The summed E-state index contributed by atoms with van der Waals surface area (Å²) in [7, 11) is -26.7. The van der Waals surface area contributed by atoms with Gasteiger partial charge in [-0.05, 0) is 56.6 Å². The number of hydrogen-bond donors (Lipinski definition) is 0. The first-order chi connectivity index (χ1) is 26.3. The summed E-state index contributed by atoms with van der Waals surface area (Å²) in [5, 5.41) is -5.29. The largest absolute Gasteiger partial charge is 0.534 e. The molecule has 0 unspecified atom stereocenters.